The Morgan fingerprint density at radius 3 is 2.76 bits per heavy atom. The molecule has 1 fully saturated rings. The summed E-state index contributed by atoms with van der Waals surface area (Å²) < 4.78 is 24.2. The summed E-state index contributed by atoms with van der Waals surface area (Å²) >= 11 is 0. The van der Waals surface area contributed by atoms with E-state index in [1.54, 1.807) is 0 Å². The lowest BCUT2D eigenvalue weighted by atomic mass is 10.2. The molecule has 1 rings (SSSR count). The normalized spacial score (nSPS) is 21.2. The fraction of sp³-hybridized carbons (Fsp3) is 1.00. The van der Waals surface area contributed by atoms with Gasteiger partial charge in [-0.05, 0) is 32.4 Å². The maximum absolute atomic E-state index is 11.3. The van der Waals surface area contributed by atoms with Crippen LogP contribution in [-0.2, 0) is 10.0 Å². The van der Waals surface area contributed by atoms with E-state index in [2.05, 4.69) is 10.6 Å². The summed E-state index contributed by atoms with van der Waals surface area (Å²) in [5.41, 5.74) is 0. The first kappa shape index (κ1) is 14.9. The third kappa shape index (κ3) is 5.81. The molecule has 0 aliphatic carbocycles. The van der Waals surface area contributed by atoms with Gasteiger partial charge in [-0.3, -0.25) is 0 Å². The molecule has 1 unspecified atom stereocenters. The molecule has 17 heavy (non-hydrogen) atoms. The highest BCUT2D eigenvalue weighted by Gasteiger charge is 2.14. The van der Waals surface area contributed by atoms with Crippen molar-refractivity contribution in [3.8, 4) is 0 Å². The van der Waals surface area contributed by atoms with Gasteiger partial charge in [-0.25, -0.2) is 12.7 Å². The molecule has 2 N–H and O–H groups in total. The number of nitrogens with one attached hydrogen (secondary N) is 2. The molecule has 0 aromatic heterocycles. The molecular formula is C11H25N3O2S. The van der Waals surface area contributed by atoms with Crippen LogP contribution in [0.4, 0.5) is 0 Å². The van der Waals surface area contributed by atoms with Crippen LogP contribution in [0.15, 0.2) is 0 Å². The number of hydrogen-bond acceptors (Lipinski definition) is 4. The Morgan fingerprint density at radius 2 is 2.24 bits per heavy atom. The van der Waals surface area contributed by atoms with Gasteiger partial charge in [0.25, 0.3) is 0 Å². The minimum atomic E-state index is -3.02. The molecule has 0 amide bonds. The summed E-state index contributed by atoms with van der Waals surface area (Å²) in [4.78, 5) is 0. The van der Waals surface area contributed by atoms with Gasteiger partial charge in [0.05, 0.1) is 6.26 Å². The van der Waals surface area contributed by atoms with Crippen LogP contribution in [0, 0.1) is 0 Å². The molecule has 1 saturated heterocycles. The van der Waals surface area contributed by atoms with Gasteiger partial charge in [0.1, 0.15) is 0 Å². The number of sulfonamides is 1. The molecular weight excluding hydrogens is 238 g/mol. The Balaban J connectivity index is 2.06. The first-order valence-electron chi connectivity index (χ1n) is 6.43. The van der Waals surface area contributed by atoms with E-state index >= 15 is 0 Å². The van der Waals surface area contributed by atoms with E-state index in [1.807, 2.05) is 6.92 Å². The van der Waals surface area contributed by atoms with Gasteiger partial charge in [0, 0.05) is 25.7 Å². The van der Waals surface area contributed by atoms with Crippen molar-refractivity contribution in [2.75, 3.05) is 39.0 Å². The van der Waals surface area contributed by atoms with Gasteiger partial charge >= 0.3 is 0 Å². The van der Waals surface area contributed by atoms with Crippen molar-refractivity contribution in [3.63, 3.8) is 0 Å². The number of rotatable bonds is 8. The summed E-state index contributed by atoms with van der Waals surface area (Å²) in [6.07, 6.45) is 4.65. The fourth-order valence-corrected chi connectivity index (χ4v) is 3.08. The summed E-state index contributed by atoms with van der Waals surface area (Å²) in [6.45, 7) is 6.04. The van der Waals surface area contributed by atoms with E-state index in [4.69, 9.17) is 0 Å². The van der Waals surface area contributed by atoms with Crippen molar-refractivity contribution < 1.29 is 8.42 Å². The molecule has 0 saturated carbocycles. The van der Waals surface area contributed by atoms with Crippen molar-refractivity contribution in [1.82, 2.24) is 14.9 Å². The minimum Gasteiger partial charge on any atom is -0.315 e. The van der Waals surface area contributed by atoms with E-state index in [-0.39, 0.29) is 0 Å². The molecule has 0 radical (unpaired) electrons. The summed E-state index contributed by atoms with van der Waals surface area (Å²) in [6, 6.07) is 0.604. The van der Waals surface area contributed by atoms with E-state index in [0.717, 1.165) is 26.1 Å². The third-order valence-corrected chi connectivity index (χ3v) is 4.51. The number of nitrogens with zero attached hydrogens (tertiary/aromatic N) is 1. The summed E-state index contributed by atoms with van der Waals surface area (Å²) in [5, 5.41) is 6.80. The van der Waals surface area contributed by atoms with Gasteiger partial charge in [0.2, 0.25) is 10.0 Å². The second-order valence-electron chi connectivity index (χ2n) is 4.61. The zero-order valence-electron chi connectivity index (χ0n) is 10.9. The van der Waals surface area contributed by atoms with Crippen LogP contribution in [0.3, 0.4) is 0 Å². The lowest BCUT2D eigenvalue weighted by Gasteiger charge is -2.18. The predicted octanol–water partition coefficient (Wildman–Crippen LogP) is -0.000400. The fourth-order valence-electron chi connectivity index (χ4n) is 2.15. The average molecular weight is 263 g/mol. The van der Waals surface area contributed by atoms with E-state index in [1.165, 1.54) is 23.4 Å². The SMILES string of the molecule is CCN(CCCNCC1CCCN1)S(C)(=O)=O. The largest absolute Gasteiger partial charge is 0.315 e. The van der Waals surface area contributed by atoms with Crippen LogP contribution in [0.25, 0.3) is 0 Å². The molecule has 1 aliphatic heterocycles. The van der Waals surface area contributed by atoms with Crippen LogP contribution < -0.4 is 10.6 Å². The highest BCUT2D eigenvalue weighted by molar-refractivity contribution is 7.88. The van der Waals surface area contributed by atoms with Crippen molar-refractivity contribution in [3.05, 3.63) is 0 Å². The van der Waals surface area contributed by atoms with Crippen molar-refractivity contribution >= 4 is 10.0 Å². The molecule has 1 heterocycles. The van der Waals surface area contributed by atoms with Crippen molar-refractivity contribution in [2.45, 2.75) is 32.2 Å². The smallest absolute Gasteiger partial charge is 0.211 e. The first-order valence-corrected chi connectivity index (χ1v) is 8.28. The van der Waals surface area contributed by atoms with Gasteiger partial charge in [0.15, 0.2) is 0 Å². The Labute approximate surface area is 105 Å². The molecule has 1 aliphatic rings. The third-order valence-electron chi connectivity index (χ3n) is 3.14. The van der Waals surface area contributed by atoms with Crippen molar-refractivity contribution in [1.29, 1.82) is 0 Å². The number of hydrogen-bond donors (Lipinski definition) is 2. The predicted molar refractivity (Wildman–Crippen MR) is 70.6 cm³/mol. The molecule has 6 heteroatoms. The Morgan fingerprint density at radius 1 is 1.47 bits per heavy atom. The molecule has 5 nitrogen and oxygen atoms in total. The van der Waals surface area contributed by atoms with E-state index in [9.17, 15) is 8.42 Å². The lowest BCUT2D eigenvalue weighted by molar-refractivity contribution is 0.415. The highest BCUT2D eigenvalue weighted by atomic mass is 32.2. The molecule has 102 valence electrons. The lowest BCUT2D eigenvalue weighted by Crippen LogP contribution is -2.36. The maximum atomic E-state index is 11.3. The van der Waals surface area contributed by atoms with Gasteiger partial charge in [-0.2, -0.15) is 0 Å². The molecule has 0 aromatic carbocycles. The zero-order chi connectivity index (χ0) is 12.7. The Hall–Kier alpha value is -0.170. The second kappa shape index (κ2) is 7.31. The van der Waals surface area contributed by atoms with E-state index in [0.29, 0.717) is 19.1 Å². The van der Waals surface area contributed by atoms with Crippen molar-refractivity contribution in [2.24, 2.45) is 0 Å². The highest BCUT2D eigenvalue weighted by Crippen LogP contribution is 2.03. The maximum Gasteiger partial charge on any atom is 0.211 e. The average Bonchev–Trinajstić information content (AvgIpc) is 2.74. The Bertz CT molecular complexity index is 300. The van der Waals surface area contributed by atoms with Crippen LogP contribution in [0.1, 0.15) is 26.2 Å². The van der Waals surface area contributed by atoms with Crippen LogP contribution >= 0.6 is 0 Å². The summed E-state index contributed by atoms with van der Waals surface area (Å²) in [7, 11) is -3.02. The van der Waals surface area contributed by atoms with Gasteiger partial charge in [-0.1, -0.05) is 6.92 Å². The zero-order valence-corrected chi connectivity index (χ0v) is 11.7. The van der Waals surface area contributed by atoms with E-state index < -0.39 is 10.0 Å². The monoisotopic (exact) mass is 263 g/mol. The van der Waals surface area contributed by atoms with Gasteiger partial charge in [-0.15, -0.1) is 0 Å². The molecule has 0 aromatic rings. The van der Waals surface area contributed by atoms with Gasteiger partial charge < -0.3 is 10.6 Å². The quantitative estimate of drug-likeness (QED) is 0.605. The van der Waals surface area contributed by atoms with Crippen LogP contribution in [0.5, 0.6) is 0 Å². The Kier molecular flexibility index (Phi) is 6.40. The molecule has 1 atom stereocenters. The standard InChI is InChI=1S/C11H25N3O2S/c1-3-14(17(2,15)16)9-5-7-12-10-11-6-4-8-13-11/h11-13H,3-10H2,1-2H3. The second-order valence-corrected chi connectivity index (χ2v) is 6.59. The molecule has 0 bridgehead atoms. The minimum absolute atomic E-state index is 0.559. The van der Waals surface area contributed by atoms with Crippen LogP contribution in [0.2, 0.25) is 0 Å². The van der Waals surface area contributed by atoms with Crippen LogP contribution in [-0.4, -0.2) is 57.7 Å². The summed E-state index contributed by atoms with van der Waals surface area (Å²) in [5.74, 6) is 0. The first-order chi connectivity index (χ1) is 8.04. The topological polar surface area (TPSA) is 61.4 Å². The molecule has 0 spiro atoms.